The van der Waals surface area contributed by atoms with E-state index in [9.17, 15) is 4.79 Å². The van der Waals surface area contributed by atoms with Crippen LogP contribution < -0.4 is 10.9 Å². The molecule has 0 saturated heterocycles. The Morgan fingerprint density at radius 1 is 1.11 bits per heavy atom. The molecule has 0 unspecified atom stereocenters. The lowest BCUT2D eigenvalue weighted by Gasteiger charge is -2.15. The molecule has 27 heavy (non-hydrogen) atoms. The first kappa shape index (κ1) is 16.0. The molecule has 0 aliphatic carbocycles. The van der Waals surface area contributed by atoms with Crippen LogP contribution in [0, 0.1) is 6.92 Å². The molecule has 5 heterocycles. The molecule has 0 radical (unpaired) electrons. The highest BCUT2D eigenvalue weighted by Gasteiger charge is 2.10. The summed E-state index contributed by atoms with van der Waals surface area (Å²) in [5, 5.41) is 7.70. The Hall–Kier alpha value is -3.25. The molecule has 0 amide bonds. The largest absolute Gasteiger partial charge is 0.313 e. The standard InChI is InChI=1S/C21H19N5O/c1-14-10-18-11-16(6-9-26(18)24-14)19-12-21(27)25-13-17(2-3-20(25)23-19)15-4-7-22-8-5-15/h2-4,6,9-13,22H,5,7-8H2,1H3. The fraction of sp³-hybridized carbons (Fsp3) is 0.190. The highest BCUT2D eigenvalue weighted by atomic mass is 16.1. The lowest BCUT2D eigenvalue weighted by atomic mass is 10.0. The van der Waals surface area contributed by atoms with E-state index in [-0.39, 0.29) is 5.56 Å². The van der Waals surface area contributed by atoms with E-state index in [1.807, 2.05) is 54.2 Å². The number of fused-ring (bicyclic) bond motifs is 2. The van der Waals surface area contributed by atoms with Gasteiger partial charge in [0, 0.05) is 30.6 Å². The van der Waals surface area contributed by atoms with E-state index in [1.165, 1.54) is 5.57 Å². The summed E-state index contributed by atoms with van der Waals surface area (Å²) in [4.78, 5) is 17.5. The zero-order chi connectivity index (χ0) is 18.4. The lowest BCUT2D eigenvalue weighted by molar-refractivity contribution is 0.738. The van der Waals surface area contributed by atoms with Gasteiger partial charge in [-0.15, -0.1) is 0 Å². The average Bonchev–Trinajstić information content (AvgIpc) is 3.07. The van der Waals surface area contributed by atoms with Crippen LogP contribution in [0.3, 0.4) is 0 Å². The van der Waals surface area contributed by atoms with Gasteiger partial charge in [-0.05, 0) is 61.4 Å². The van der Waals surface area contributed by atoms with Gasteiger partial charge >= 0.3 is 0 Å². The van der Waals surface area contributed by atoms with E-state index in [0.29, 0.717) is 11.3 Å². The predicted molar refractivity (Wildman–Crippen MR) is 106 cm³/mol. The summed E-state index contributed by atoms with van der Waals surface area (Å²) in [6.45, 7) is 3.80. The number of nitrogens with zero attached hydrogens (tertiary/aromatic N) is 4. The van der Waals surface area contributed by atoms with E-state index < -0.39 is 0 Å². The first-order chi connectivity index (χ1) is 13.2. The van der Waals surface area contributed by atoms with Crippen LogP contribution in [-0.2, 0) is 0 Å². The molecule has 4 aromatic rings. The summed E-state index contributed by atoms with van der Waals surface area (Å²) < 4.78 is 3.45. The van der Waals surface area contributed by atoms with Gasteiger partial charge in [0.1, 0.15) is 5.65 Å². The topological polar surface area (TPSA) is 63.7 Å². The van der Waals surface area contributed by atoms with Gasteiger partial charge in [-0.3, -0.25) is 9.20 Å². The number of hydrogen-bond donors (Lipinski definition) is 1. The van der Waals surface area contributed by atoms with E-state index in [4.69, 9.17) is 4.98 Å². The van der Waals surface area contributed by atoms with Crippen LogP contribution in [-0.4, -0.2) is 32.1 Å². The van der Waals surface area contributed by atoms with Gasteiger partial charge in [0.15, 0.2) is 0 Å². The Balaban J connectivity index is 1.61. The van der Waals surface area contributed by atoms with E-state index in [1.54, 1.807) is 10.5 Å². The summed E-state index contributed by atoms with van der Waals surface area (Å²) in [5.41, 5.74) is 6.46. The summed E-state index contributed by atoms with van der Waals surface area (Å²) in [6, 6.07) is 11.5. The van der Waals surface area contributed by atoms with Crippen molar-refractivity contribution in [1.82, 2.24) is 24.3 Å². The van der Waals surface area contributed by atoms with Crippen molar-refractivity contribution in [2.45, 2.75) is 13.3 Å². The number of aromatic nitrogens is 4. The van der Waals surface area contributed by atoms with Crippen LogP contribution in [0.1, 0.15) is 17.7 Å². The molecule has 0 fully saturated rings. The summed E-state index contributed by atoms with van der Waals surface area (Å²) in [6.07, 6.45) is 6.94. The molecule has 1 N–H and O–H groups in total. The van der Waals surface area contributed by atoms with Crippen LogP contribution in [0.25, 0.3) is 28.0 Å². The average molecular weight is 357 g/mol. The predicted octanol–water partition coefficient (Wildman–Crippen LogP) is 2.69. The van der Waals surface area contributed by atoms with E-state index in [2.05, 4.69) is 16.5 Å². The zero-order valence-corrected chi connectivity index (χ0v) is 15.0. The molecule has 5 rings (SSSR count). The van der Waals surface area contributed by atoms with Crippen molar-refractivity contribution < 1.29 is 0 Å². The minimum atomic E-state index is -0.0732. The summed E-state index contributed by atoms with van der Waals surface area (Å²) in [7, 11) is 0. The van der Waals surface area contributed by atoms with Crippen LogP contribution >= 0.6 is 0 Å². The summed E-state index contributed by atoms with van der Waals surface area (Å²) >= 11 is 0. The van der Waals surface area contributed by atoms with Crippen molar-refractivity contribution in [2.75, 3.05) is 13.1 Å². The van der Waals surface area contributed by atoms with Crippen molar-refractivity contribution in [2.24, 2.45) is 0 Å². The Labute approximate surface area is 155 Å². The first-order valence-electron chi connectivity index (χ1n) is 9.07. The van der Waals surface area contributed by atoms with Crippen LogP contribution in [0.5, 0.6) is 0 Å². The summed E-state index contributed by atoms with van der Waals surface area (Å²) in [5.74, 6) is 0. The maximum absolute atomic E-state index is 12.7. The normalized spacial score (nSPS) is 14.6. The van der Waals surface area contributed by atoms with Crippen molar-refractivity contribution >= 4 is 16.7 Å². The molecule has 0 saturated carbocycles. The highest BCUT2D eigenvalue weighted by Crippen LogP contribution is 2.22. The van der Waals surface area contributed by atoms with Crippen LogP contribution in [0.2, 0.25) is 0 Å². The second-order valence-electron chi connectivity index (χ2n) is 6.88. The highest BCUT2D eigenvalue weighted by molar-refractivity contribution is 5.69. The number of nitrogens with one attached hydrogen (secondary N) is 1. The lowest BCUT2D eigenvalue weighted by Crippen LogP contribution is -2.20. The maximum atomic E-state index is 12.7. The SMILES string of the molecule is Cc1cc2cc(-c3cc(=O)n4cc(C5=CCNCC5)ccc4n3)ccn2n1. The monoisotopic (exact) mass is 357 g/mol. The minimum absolute atomic E-state index is 0.0732. The minimum Gasteiger partial charge on any atom is -0.313 e. The van der Waals surface area contributed by atoms with Crippen LogP contribution in [0.4, 0.5) is 0 Å². The molecule has 6 nitrogen and oxygen atoms in total. The Kier molecular flexibility index (Phi) is 3.65. The number of pyridine rings is 2. The smallest absolute Gasteiger partial charge is 0.258 e. The molecule has 1 aliphatic heterocycles. The van der Waals surface area contributed by atoms with Gasteiger partial charge in [-0.25, -0.2) is 9.50 Å². The second-order valence-corrected chi connectivity index (χ2v) is 6.88. The Morgan fingerprint density at radius 2 is 2.04 bits per heavy atom. The van der Waals surface area contributed by atoms with Gasteiger partial charge in [0.05, 0.1) is 16.9 Å². The molecule has 1 aliphatic rings. The quantitative estimate of drug-likeness (QED) is 0.599. The first-order valence-corrected chi connectivity index (χ1v) is 9.07. The number of aryl methyl sites for hydroxylation is 1. The zero-order valence-electron chi connectivity index (χ0n) is 15.0. The third-order valence-electron chi connectivity index (χ3n) is 4.98. The number of hydrogen-bond acceptors (Lipinski definition) is 4. The second kappa shape index (κ2) is 6.17. The Bertz CT molecular complexity index is 1260. The molecule has 0 aromatic carbocycles. The number of rotatable bonds is 2. The molecule has 0 bridgehead atoms. The molecular weight excluding hydrogens is 338 g/mol. The molecule has 0 atom stereocenters. The van der Waals surface area contributed by atoms with Gasteiger partial charge in [-0.2, -0.15) is 5.10 Å². The molecule has 134 valence electrons. The maximum Gasteiger partial charge on any atom is 0.258 e. The van der Waals surface area contributed by atoms with Gasteiger partial charge in [0.25, 0.3) is 5.56 Å². The van der Waals surface area contributed by atoms with Gasteiger partial charge in [-0.1, -0.05) is 6.08 Å². The van der Waals surface area contributed by atoms with Crippen LogP contribution in [0.15, 0.2) is 59.7 Å². The third-order valence-corrected chi connectivity index (χ3v) is 4.98. The van der Waals surface area contributed by atoms with Crippen molar-refractivity contribution in [3.8, 4) is 11.3 Å². The van der Waals surface area contributed by atoms with Crippen molar-refractivity contribution in [3.63, 3.8) is 0 Å². The third kappa shape index (κ3) is 2.84. The van der Waals surface area contributed by atoms with Crippen molar-refractivity contribution in [3.05, 3.63) is 76.5 Å². The fourth-order valence-corrected chi connectivity index (χ4v) is 3.61. The Morgan fingerprint density at radius 3 is 2.89 bits per heavy atom. The van der Waals surface area contributed by atoms with Gasteiger partial charge in [0.2, 0.25) is 0 Å². The van der Waals surface area contributed by atoms with Crippen molar-refractivity contribution in [1.29, 1.82) is 0 Å². The van der Waals surface area contributed by atoms with E-state index >= 15 is 0 Å². The molecular formula is C21H19N5O. The molecule has 6 heteroatoms. The van der Waals surface area contributed by atoms with E-state index in [0.717, 1.165) is 41.8 Å². The molecule has 0 spiro atoms. The van der Waals surface area contributed by atoms with Gasteiger partial charge < -0.3 is 5.32 Å². The molecule has 4 aromatic heterocycles. The fourth-order valence-electron chi connectivity index (χ4n) is 3.61.